The number of morpholine rings is 1. The van der Waals surface area contributed by atoms with Crippen molar-refractivity contribution in [1.29, 1.82) is 0 Å². The number of guanidine groups is 1. The quantitative estimate of drug-likeness (QED) is 0.397. The van der Waals surface area contributed by atoms with E-state index in [1.165, 1.54) is 5.56 Å². The molecule has 5 nitrogen and oxygen atoms in total. The number of nitrogens with two attached hydrogens (primary N) is 1. The van der Waals surface area contributed by atoms with Gasteiger partial charge in [0.05, 0.1) is 19.8 Å². The van der Waals surface area contributed by atoms with Gasteiger partial charge in [0.2, 0.25) is 0 Å². The molecule has 1 aromatic rings. The van der Waals surface area contributed by atoms with Crippen molar-refractivity contribution in [3.63, 3.8) is 0 Å². The van der Waals surface area contributed by atoms with E-state index in [1.807, 2.05) is 0 Å². The molecule has 1 aromatic carbocycles. The van der Waals surface area contributed by atoms with Crippen LogP contribution in [0.5, 0.6) is 0 Å². The molecule has 0 radical (unpaired) electrons. The Labute approximate surface area is 163 Å². The van der Waals surface area contributed by atoms with E-state index in [9.17, 15) is 0 Å². The molecular weight excluding hydrogens is 415 g/mol. The largest absolute Gasteiger partial charge is 0.378 e. The summed E-state index contributed by atoms with van der Waals surface area (Å²) in [6, 6.07) is 11.0. The smallest absolute Gasteiger partial charge is 0.191 e. The maximum absolute atomic E-state index is 6.18. The summed E-state index contributed by atoms with van der Waals surface area (Å²) < 4.78 is 5.37. The summed E-state index contributed by atoms with van der Waals surface area (Å²) in [5.74, 6) is 0.651. The summed E-state index contributed by atoms with van der Waals surface area (Å²) in [7, 11) is 0. The molecule has 136 valence electrons. The van der Waals surface area contributed by atoms with Gasteiger partial charge in [0.1, 0.15) is 0 Å². The number of rotatable bonds is 7. The van der Waals surface area contributed by atoms with E-state index in [0.717, 1.165) is 52.4 Å². The van der Waals surface area contributed by atoms with E-state index in [-0.39, 0.29) is 24.0 Å². The van der Waals surface area contributed by atoms with E-state index < -0.39 is 0 Å². The molecule has 2 rings (SSSR count). The molecule has 1 unspecified atom stereocenters. The number of hydrogen-bond donors (Lipinski definition) is 1. The normalized spacial score (nSPS) is 16.8. The van der Waals surface area contributed by atoms with Gasteiger partial charge in [0, 0.05) is 19.1 Å². The van der Waals surface area contributed by atoms with Gasteiger partial charge in [-0.25, -0.2) is 0 Å². The van der Waals surface area contributed by atoms with Crippen molar-refractivity contribution < 1.29 is 4.74 Å². The number of nitrogens with zero attached hydrogens (tertiary/aromatic N) is 3. The van der Waals surface area contributed by atoms with Gasteiger partial charge in [-0.05, 0) is 25.1 Å². The van der Waals surface area contributed by atoms with Crippen LogP contribution in [0.4, 0.5) is 0 Å². The molecule has 24 heavy (non-hydrogen) atoms. The predicted octanol–water partition coefficient (Wildman–Crippen LogP) is 2.20. The van der Waals surface area contributed by atoms with Crippen molar-refractivity contribution in [3.8, 4) is 0 Å². The molecule has 2 N–H and O–H groups in total. The Hall–Kier alpha value is -0.860. The van der Waals surface area contributed by atoms with E-state index in [2.05, 4.69) is 59.0 Å². The summed E-state index contributed by atoms with van der Waals surface area (Å²) in [6.07, 6.45) is 1.00. The van der Waals surface area contributed by atoms with Gasteiger partial charge < -0.3 is 15.4 Å². The van der Waals surface area contributed by atoms with E-state index in [4.69, 9.17) is 10.5 Å². The molecule has 6 heteroatoms. The molecule has 0 aromatic heterocycles. The Balaban J connectivity index is 0.00000288. The Morgan fingerprint density at radius 3 is 2.42 bits per heavy atom. The van der Waals surface area contributed by atoms with Gasteiger partial charge in [0.25, 0.3) is 0 Å². The van der Waals surface area contributed by atoms with Crippen molar-refractivity contribution >= 4 is 29.9 Å². The fourth-order valence-corrected chi connectivity index (χ4v) is 3.03. The van der Waals surface area contributed by atoms with Gasteiger partial charge in [-0.1, -0.05) is 44.2 Å². The molecular formula is C18H31IN4O. The highest BCUT2D eigenvalue weighted by atomic mass is 127. The Morgan fingerprint density at radius 2 is 1.83 bits per heavy atom. The topological polar surface area (TPSA) is 54.1 Å². The van der Waals surface area contributed by atoms with Crippen molar-refractivity contribution in [2.45, 2.75) is 26.3 Å². The van der Waals surface area contributed by atoms with Crippen LogP contribution in [0.1, 0.15) is 19.4 Å². The molecule has 1 heterocycles. The van der Waals surface area contributed by atoms with Crippen LogP contribution in [0.3, 0.4) is 0 Å². The number of likely N-dealkylation sites (N-methyl/N-ethyl adjacent to an activating group) is 1. The highest BCUT2D eigenvalue weighted by Gasteiger charge is 2.17. The van der Waals surface area contributed by atoms with Crippen LogP contribution in [0.15, 0.2) is 35.3 Å². The minimum Gasteiger partial charge on any atom is -0.378 e. The summed E-state index contributed by atoms with van der Waals surface area (Å²) in [4.78, 5) is 9.26. The van der Waals surface area contributed by atoms with Gasteiger partial charge in [0.15, 0.2) is 5.96 Å². The lowest BCUT2D eigenvalue weighted by Gasteiger charge is -2.30. The van der Waals surface area contributed by atoms with E-state index in [1.54, 1.807) is 0 Å². The minimum absolute atomic E-state index is 0. The van der Waals surface area contributed by atoms with Crippen molar-refractivity contribution in [1.82, 2.24) is 9.80 Å². The molecule has 1 saturated heterocycles. The number of benzene rings is 1. The third-order valence-corrected chi connectivity index (χ3v) is 4.44. The average molecular weight is 446 g/mol. The monoisotopic (exact) mass is 446 g/mol. The van der Waals surface area contributed by atoms with E-state index >= 15 is 0 Å². The second-order valence-corrected chi connectivity index (χ2v) is 5.86. The number of aliphatic imine (C=N–C) groups is 1. The minimum atomic E-state index is 0. The molecule has 1 atom stereocenters. The highest BCUT2D eigenvalue weighted by Crippen LogP contribution is 2.10. The summed E-state index contributed by atoms with van der Waals surface area (Å²) in [6.45, 7) is 10.3. The highest BCUT2D eigenvalue weighted by molar-refractivity contribution is 14.0. The zero-order chi connectivity index (χ0) is 16.5. The van der Waals surface area contributed by atoms with Gasteiger partial charge in [-0.2, -0.15) is 0 Å². The second-order valence-electron chi connectivity index (χ2n) is 5.86. The molecule has 1 aliphatic heterocycles. The van der Waals surface area contributed by atoms with Crippen LogP contribution in [0.2, 0.25) is 0 Å². The lowest BCUT2D eigenvalue weighted by molar-refractivity contribution is 0.0673. The first-order valence-corrected chi connectivity index (χ1v) is 8.65. The molecule has 0 spiro atoms. The summed E-state index contributed by atoms with van der Waals surface area (Å²) in [5.41, 5.74) is 7.53. The van der Waals surface area contributed by atoms with E-state index in [0.29, 0.717) is 12.0 Å². The standard InChI is InChI=1S/C18H30N4O.HI/c1-3-21(4-2)17(14-16-8-6-5-7-9-16)15-20-18(19)22-10-12-23-13-11-22;/h5-9,17H,3-4,10-15H2,1-2H3,(H2,19,20);1H. The molecule has 0 saturated carbocycles. The van der Waals surface area contributed by atoms with Crippen LogP contribution in [0, 0.1) is 0 Å². The fraction of sp³-hybridized carbons (Fsp3) is 0.611. The molecule has 0 aliphatic carbocycles. The fourth-order valence-electron chi connectivity index (χ4n) is 3.03. The number of halogens is 1. The molecule has 0 bridgehead atoms. The second kappa shape index (κ2) is 11.7. The van der Waals surface area contributed by atoms with Crippen molar-refractivity contribution in [3.05, 3.63) is 35.9 Å². The summed E-state index contributed by atoms with van der Waals surface area (Å²) in [5, 5.41) is 0. The van der Waals surface area contributed by atoms with Crippen LogP contribution in [-0.4, -0.2) is 67.7 Å². The van der Waals surface area contributed by atoms with Gasteiger partial charge in [-0.15, -0.1) is 24.0 Å². The maximum atomic E-state index is 6.18. The van der Waals surface area contributed by atoms with Gasteiger partial charge in [-0.3, -0.25) is 9.89 Å². The van der Waals surface area contributed by atoms with Crippen molar-refractivity contribution in [2.24, 2.45) is 10.7 Å². The number of ether oxygens (including phenoxy) is 1. The first kappa shape index (κ1) is 21.2. The lowest BCUT2D eigenvalue weighted by Crippen LogP contribution is -2.46. The van der Waals surface area contributed by atoms with Gasteiger partial charge >= 0.3 is 0 Å². The lowest BCUT2D eigenvalue weighted by atomic mass is 10.0. The van der Waals surface area contributed by atoms with Crippen LogP contribution in [0.25, 0.3) is 0 Å². The zero-order valence-corrected chi connectivity index (χ0v) is 17.2. The first-order valence-electron chi connectivity index (χ1n) is 8.65. The zero-order valence-electron chi connectivity index (χ0n) is 14.9. The Bertz CT molecular complexity index is 473. The first-order chi connectivity index (χ1) is 11.2. The third-order valence-electron chi connectivity index (χ3n) is 4.44. The van der Waals surface area contributed by atoms with Crippen molar-refractivity contribution in [2.75, 3.05) is 45.9 Å². The Morgan fingerprint density at radius 1 is 1.21 bits per heavy atom. The van der Waals surface area contributed by atoms with Crippen LogP contribution in [-0.2, 0) is 11.2 Å². The van der Waals surface area contributed by atoms with Crippen LogP contribution >= 0.6 is 24.0 Å². The average Bonchev–Trinajstić information content (AvgIpc) is 2.62. The molecule has 1 fully saturated rings. The predicted molar refractivity (Wildman–Crippen MR) is 111 cm³/mol. The SMILES string of the molecule is CCN(CC)C(CN=C(N)N1CCOCC1)Cc1ccccc1.I. The maximum Gasteiger partial charge on any atom is 0.191 e. The molecule has 0 amide bonds. The Kier molecular flexibility index (Phi) is 10.3. The molecule has 1 aliphatic rings. The van der Waals surface area contributed by atoms with Crippen LogP contribution < -0.4 is 5.73 Å². The number of hydrogen-bond acceptors (Lipinski definition) is 3. The summed E-state index contributed by atoms with van der Waals surface area (Å²) >= 11 is 0. The third kappa shape index (κ3) is 6.57.